The average molecular weight is 687 g/mol. The number of hydrogen-bond donors (Lipinski definition) is 0. The number of esters is 2. The van der Waals surface area contributed by atoms with Crippen molar-refractivity contribution in [2.75, 3.05) is 20.3 Å². The molecule has 43 heavy (non-hydrogen) atoms. The Labute approximate surface area is 266 Å². The van der Waals surface area contributed by atoms with Crippen LogP contribution in [0.5, 0.6) is 5.75 Å². The molecule has 4 rings (SSSR count). The molecule has 4 aromatic carbocycles. The van der Waals surface area contributed by atoms with E-state index in [0.717, 1.165) is 32.3 Å². The summed E-state index contributed by atoms with van der Waals surface area (Å²) in [5.41, 5.74) is 4.35. The topological polar surface area (TPSA) is 78.9 Å². The third kappa shape index (κ3) is 12.7. The highest BCUT2D eigenvalue weighted by Gasteiger charge is 2.05. The first-order valence-electron chi connectivity index (χ1n) is 13.2. The molecule has 0 aliphatic heterocycles. The highest BCUT2D eigenvalue weighted by molar-refractivity contribution is 14.1. The zero-order valence-corrected chi connectivity index (χ0v) is 26.3. The van der Waals surface area contributed by atoms with Crippen LogP contribution in [-0.2, 0) is 9.47 Å². The minimum atomic E-state index is -0.313. The number of carbonyl (C=O) groups excluding carboxylic acids is 3. The van der Waals surface area contributed by atoms with Crippen LogP contribution in [0, 0.1) is 27.8 Å². The standard InChI is InChI=1S/C18H16O3.C9H9IO2.C9H6O/c1-3-21-18(19)16-10-6-14(7-11-16)4-5-15-8-12-17(20-2)13-9-15;1-2-12-9(11)7-3-5-8(10)6-4-7;1-2-8-3-5-9(7-10)6-4-8/h6-13H,3H2,1-2H3;3-6H,2H2,1H3;1,3-7H. The SMILES string of the molecule is C#Cc1ccc(C=O)cc1.CCOC(=O)c1ccc(C#Cc2ccc(OC)cc2)cc1.CCOC(=O)c1ccc(I)cc1. The lowest BCUT2D eigenvalue weighted by molar-refractivity contribution is 0.0516. The van der Waals surface area contributed by atoms with Gasteiger partial charge in [-0.15, -0.1) is 6.42 Å². The van der Waals surface area contributed by atoms with Gasteiger partial charge in [-0.3, -0.25) is 4.79 Å². The second kappa shape index (κ2) is 19.3. The summed E-state index contributed by atoms with van der Waals surface area (Å²) in [7, 11) is 1.63. The fourth-order valence-electron chi connectivity index (χ4n) is 3.18. The van der Waals surface area contributed by atoms with Crippen molar-refractivity contribution in [2.24, 2.45) is 0 Å². The summed E-state index contributed by atoms with van der Waals surface area (Å²) in [6, 6.07) is 28.8. The number of benzene rings is 4. The maximum absolute atomic E-state index is 11.5. The number of aldehydes is 1. The van der Waals surface area contributed by atoms with E-state index in [0.29, 0.717) is 29.9 Å². The second-order valence-electron chi connectivity index (χ2n) is 8.39. The van der Waals surface area contributed by atoms with Gasteiger partial charge in [0.1, 0.15) is 12.0 Å². The number of carbonyl (C=O) groups is 3. The van der Waals surface area contributed by atoms with Crippen LogP contribution >= 0.6 is 22.6 Å². The van der Waals surface area contributed by atoms with Gasteiger partial charge in [-0.25, -0.2) is 9.59 Å². The molecule has 0 N–H and O–H groups in total. The number of halogens is 1. The molecule has 0 spiro atoms. The Kier molecular flexibility index (Phi) is 15.4. The van der Waals surface area contributed by atoms with E-state index in [4.69, 9.17) is 20.6 Å². The van der Waals surface area contributed by atoms with Gasteiger partial charge in [-0.05, 0) is 121 Å². The van der Waals surface area contributed by atoms with E-state index in [1.54, 1.807) is 69.5 Å². The molecular weight excluding hydrogens is 655 g/mol. The molecule has 0 aromatic heterocycles. The first-order chi connectivity index (χ1) is 20.8. The van der Waals surface area contributed by atoms with Gasteiger partial charge in [0.05, 0.1) is 31.5 Å². The van der Waals surface area contributed by atoms with E-state index < -0.39 is 0 Å². The minimum Gasteiger partial charge on any atom is -0.497 e. The van der Waals surface area contributed by atoms with Crippen LogP contribution < -0.4 is 4.74 Å². The fourth-order valence-corrected chi connectivity index (χ4v) is 3.54. The Balaban J connectivity index is 0.000000248. The lowest BCUT2D eigenvalue weighted by Crippen LogP contribution is -2.04. The van der Waals surface area contributed by atoms with Crippen molar-refractivity contribution in [1.29, 1.82) is 0 Å². The smallest absolute Gasteiger partial charge is 0.338 e. The van der Waals surface area contributed by atoms with E-state index in [1.807, 2.05) is 48.5 Å². The molecule has 0 saturated heterocycles. The molecule has 6 nitrogen and oxygen atoms in total. The molecular formula is C36H31IO6. The van der Waals surface area contributed by atoms with Crippen molar-refractivity contribution in [3.05, 3.63) is 134 Å². The summed E-state index contributed by atoms with van der Waals surface area (Å²) < 4.78 is 16.0. The molecule has 0 fully saturated rings. The largest absolute Gasteiger partial charge is 0.497 e. The molecule has 7 heteroatoms. The lowest BCUT2D eigenvalue weighted by Gasteiger charge is -2.01. The van der Waals surface area contributed by atoms with E-state index in [-0.39, 0.29) is 11.9 Å². The van der Waals surface area contributed by atoms with Crippen LogP contribution in [0.1, 0.15) is 61.6 Å². The quantitative estimate of drug-likeness (QED) is 0.0923. The van der Waals surface area contributed by atoms with Crippen molar-refractivity contribution in [2.45, 2.75) is 13.8 Å². The molecule has 4 aromatic rings. The van der Waals surface area contributed by atoms with Gasteiger partial charge in [-0.2, -0.15) is 0 Å². The van der Waals surface area contributed by atoms with Gasteiger partial charge < -0.3 is 14.2 Å². The third-order valence-electron chi connectivity index (χ3n) is 5.41. The molecule has 0 aliphatic carbocycles. The van der Waals surface area contributed by atoms with Crippen LogP contribution in [0.25, 0.3) is 0 Å². The molecule has 0 heterocycles. The van der Waals surface area contributed by atoms with Crippen molar-refractivity contribution in [3.63, 3.8) is 0 Å². The van der Waals surface area contributed by atoms with Gasteiger partial charge in [0.15, 0.2) is 0 Å². The van der Waals surface area contributed by atoms with E-state index in [2.05, 4.69) is 40.4 Å². The Morgan fingerprint density at radius 3 is 1.51 bits per heavy atom. The summed E-state index contributed by atoms with van der Waals surface area (Å²) in [6.45, 7) is 4.37. The third-order valence-corrected chi connectivity index (χ3v) is 6.13. The van der Waals surface area contributed by atoms with Crippen LogP contribution in [0.2, 0.25) is 0 Å². The molecule has 218 valence electrons. The summed E-state index contributed by atoms with van der Waals surface area (Å²) in [4.78, 5) is 32.8. The summed E-state index contributed by atoms with van der Waals surface area (Å²) in [6.07, 6.45) is 5.89. The molecule has 0 saturated carbocycles. The molecule has 0 aliphatic rings. The zero-order valence-electron chi connectivity index (χ0n) is 24.1. The zero-order chi connectivity index (χ0) is 31.5. The maximum atomic E-state index is 11.5. The number of methoxy groups -OCH3 is 1. The van der Waals surface area contributed by atoms with Crippen LogP contribution in [0.3, 0.4) is 0 Å². The maximum Gasteiger partial charge on any atom is 0.338 e. The Morgan fingerprint density at radius 1 is 0.698 bits per heavy atom. The van der Waals surface area contributed by atoms with Crippen LogP contribution in [-0.4, -0.2) is 38.5 Å². The van der Waals surface area contributed by atoms with Crippen molar-refractivity contribution < 1.29 is 28.6 Å². The Morgan fingerprint density at radius 2 is 1.12 bits per heavy atom. The summed E-state index contributed by atoms with van der Waals surface area (Å²) in [5, 5.41) is 0. The highest BCUT2D eigenvalue weighted by Crippen LogP contribution is 2.11. The van der Waals surface area contributed by atoms with E-state index in [1.165, 1.54) is 0 Å². The highest BCUT2D eigenvalue weighted by atomic mass is 127. The van der Waals surface area contributed by atoms with Crippen molar-refractivity contribution >= 4 is 40.8 Å². The van der Waals surface area contributed by atoms with Crippen molar-refractivity contribution in [3.8, 4) is 29.9 Å². The molecule has 0 amide bonds. The number of hydrogen-bond acceptors (Lipinski definition) is 6. The Hall–Kier alpha value is -4.86. The molecule has 0 radical (unpaired) electrons. The predicted molar refractivity (Wildman–Crippen MR) is 176 cm³/mol. The van der Waals surface area contributed by atoms with Crippen LogP contribution in [0.15, 0.2) is 97.1 Å². The minimum absolute atomic E-state index is 0.256. The van der Waals surface area contributed by atoms with Crippen LogP contribution in [0.4, 0.5) is 0 Å². The van der Waals surface area contributed by atoms with Crippen molar-refractivity contribution in [1.82, 2.24) is 0 Å². The Bertz CT molecular complexity index is 1560. The fraction of sp³-hybridized carbons (Fsp3) is 0.139. The van der Waals surface area contributed by atoms with Gasteiger partial charge in [0, 0.05) is 25.8 Å². The summed E-state index contributed by atoms with van der Waals surface area (Å²) in [5.74, 6) is 8.82. The number of ether oxygens (including phenoxy) is 3. The molecule has 0 bridgehead atoms. The molecule has 0 atom stereocenters. The normalized spacial score (nSPS) is 9.19. The number of terminal acetylenes is 1. The first kappa shape index (κ1) is 34.3. The monoisotopic (exact) mass is 686 g/mol. The van der Waals surface area contributed by atoms with Gasteiger partial charge in [0.2, 0.25) is 0 Å². The van der Waals surface area contributed by atoms with Gasteiger partial charge in [-0.1, -0.05) is 29.9 Å². The summed E-state index contributed by atoms with van der Waals surface area (Å²) >= 11 is 2.19. The molecule has 0 unspecified atom stereocenters. The average Bonchev–Trinajstić information content (AvgIpc) is 3.05. The first-order valence-corrected chi connectivity index (χ1v) is 14.3. The predicted octanol–water partition coefficient (Wildman–Crippen LogP) is 7.22. The lowest BCUT2D eigenvalue weighted by atomic mass is 10.1. The van der Waals surface area contributed by atoms with E-state index in [9.17, 15) is 14.4 Å². The van der Waals surface area contributed by atoms with E-state index >= 15 is 0 Å². The van der Waals surface area contributed by atoms with Gasteiger partial charge >= 0.3 is 11.9 Å². The number of rotatable bonds is 6. The van der Waals surface area contributed by atoms with Gasteiger partial charge in [0.25, 0.3) is 0 Å². The second-order valence-corrected chi connectivity index (χ2v) is 9.63.